The highest BCUT2D eigenvalue weighted by Crippen LogP contribution is 2.29. The fraction of sp³-hybridized carbons (Fsp3) is 0.333. The van der Waals surface area contributed by atoms with E-state index in [-0.39, 0.29) is 23.1 Å². The predicted molar refractivity (Wildman–Crippen MR) is 131 cm³/mol. The standard InChI is InChI=1S/C24H27F2N5O2S/c1-3-29-34(2,32)15-16-10-18-13-19(11-16)33-9-5-4-8-27-22-12-17(6-7-20(22)25)23-21(26)14-28-24(30-18)31-23/h6-7,10-14,27H,3-5,8-9,15H2,1-2H3,(H,28,30,31). The van der Waals surface area contributed by atoms with Gasteiger partial charge in [-0.3, -0.25) is 0 Å². The van der Waals surface area contributed by atoms with E-state index in [1.807, 2.05) is 19.1 Å². The number of nitrogens with zero attached hydrogens (tertiary/aromatic N) is 3. The minimum Gasteiger partial charge on any atom is -0.494 e. The van der Waals surface area contributed by atoms with Crippen LogP contribution in [0.2, 0.25) is 0 Å². The van der Waals surface area contributed by atoms with Crippen molar-refractivity contribution >= 4 is 27.1 Å². The molecule has 10 heteroatoms. The van der Waals surface area contributed by atoms with E-state index < -0.39 is 21.4 Å². The SMILES string of the molecule is CCN=S(C)(=O)Cc1cc2cc(c1)OCCCCNc1cc(ccc1F)-c1nc(ncc1F)N2. The molecule has 180 valence electrons. The monoisotopic (exact) mass is 487 g/mol. The Morgan fingerprint density at radius 2 is 2.00 bits per heavy atom. The maximum Gasteiger partial charge on any atom is 0.227 e. The van der Waals surface area contributed by atoms with Gasteiger partial charge in [0.15, 0.2) is 5.82 Å². The third kappa shape index (κ3) is 5.99. The summed E-state index contributed by atoms with van der Waals surface area (Å²) in [6, 6.07) is 9.79. The largest absolute Gasteiger partial charge is 0.494 e. The molecular weight excluding hydrogens is 460 g/mol. The third-order valence-corrected chi connectivity index (χ3v) is 6.87. The molecular formula is C24H27F2N5O2S. The number of aromatic nitrogens is 2. The van der Waals surface area contributed by atoms with Crippen LogP contribution >= 0.6 is 0 Å². The highest BCUT2D eigenvalue weighted by atomic mass is 32.2. The molecule has 0 radical (unpaired) electrons. The summed E-state index contributed by atoms with van der Waals surface area (Å²) in [6.45, 7) is 3.32. The second kappa shape index (κ2) is 10.3. The second-order valence-corrected chi connectivity index (χ2v) is 10.6. The minimum atomic E-state index is -2.39. The van der Waals surface area contributed by atoms with Gasteiger partial charge in [-0.1, -0.05) is 0 Å². The first-order valence-electron chi connectivity index (χ1n) is 11.1. The molecule has 1 unspecified atom stereocenters. The van der Waals surface area contributed by atoms with Crippen molar-refractivity contribution in [2.75, 3.05) is 36.6 Å². The number of hydrogen-bond donors (Lipinski definition) is 2. The summed E-state index contributed by atoms with van der Waals surface area (Å²) in [5.41, 5.74) is 2.18. The predicted octanol–water partition coefficient (Wildman–Crippen LogP) is 5.37. The van der Waals surface area contributed by atoms with Crippen molar-refractivity contribution in [2.24, 2.45) is 4.36 Å². The van der Waals surface area contributed by atoms with E-state index in [4.69, 9.17) is 4.74 Å². The molecule has 2 N–H and O–H groups in total. The molecule has 1 aliphatic heterocycles. The summed E-state index contributed by atoms with van der Waals surface area (Å²) < 4.78 is 51.8. The molecule has 0 amide bonds. The van der Waals surface area contributed by atoms with E-state index in [2.05, 4.69) is 25.0 Å². The zero-order valence-electron chi connectivity index (χ0n) is 19.1. The quantitative estimate of drug-likeness (QED) is 0.517. The van der Waals surface area contributed by atoms with Crippen molar-refractivity contribution in [3.8, 4) is 17.0 Å². The van der Waals surface area contributed by atoms with Crippen LogP contribution in [-0.4, -0.2) is 40.1 Å². The molecule has 1 aliphatic rings. The van der Waals surface area contributed by atoms with Gasteiger partial charge < -0.3 is 15.4 Å². The van der Waals surface area contributed by atoms with Crippen molar-refractivity contribution in [2.45, 2.75) is 25.5 Å². The molecule has 4 rings (SSSR count). The molecule has 34 heavy (non-hydrogen) atoms. The summed E-state index contributed by atoms with van der Waals surface area (Å²) in [5, 5.41) is 6.15. The molecule has 2 aromatic carbocycles. The first kappa shape index (κ1) is 23.9. The van der Waals surface area contributed by atoms with Gasteiger partial charge in [-0.2, -0.15) is 0 Å². The van der Waals surface area contributed by atoms with E-state index in [1.54, 1.807) is 18.4 Å². The van der Waals surface area contributed by atoms with Gasteiger partial charge >= 0.3 is 0 Å². The smallest absolute Gasteiger partial charge is 0.227 e. The Balaban J connectivity index is 1.75. The molecule has 3 aromatic rings. The average Bonchev–Trinajstić information content (AvgIpc) is 2.77. The lowest BCUT2D eigenvalue weighted by atomic mass is 10.1. The lowest BCUT2D eigenvalue weighted by Crippen LogP contribution is -2.08. The Bertz CT molecular complexity index is 1310. The first-order chi connectivity index (χ1) is 16.3. The number of nitrogens with one attached hydrogen (secondary N) is 2. The number of rotatable bonds is 3. The van der Waals surface area contributed by atoms with Crippen molar-refractivity contribution in [3.05, 3.63) is 59.8 Å². The highest BCUT2D eigenvalue weighted by molar-refractivity contribution is 7.92. The van der Waals surface area contributed by atoms with Crippen LogP contribution in [0.4, 0.5) is 26.1 Å². The van der Waals surface area contributed by atoms with Crippen LogP contribution in [0.25, 0.3) is 11.3 Å². The number of ether oxygens (including phenoxy) is 1. The van der Waals surface area contributed by atoms with Gasteiger partial charge in [-0.25, -0.2) is 27.3 Å². The number of benzene rings is 2. The van der Waals surface area contributed by atoms with Crippen LogP contribution in [-0.2, 0) is 15.5 Å². The maximum atomic E-state index is 14.6. The van der Waals surface area contributed by atoms with E-state index in [0.717, 1.165) is 24.6 Å². The minimum absolute atomic E-state index is 0.0543. The Morgan fingerprint density at radius 3 is 2.82 bits per heavy atom. The number of hydrogen-bond acceptors (Lipinski definition) is 7. The van der Waals surface area contributed by atoms with Gasteiger partial charge in [0.05, 0.1) is 24.2 Å². The summed E-state index contributed by atoms with van der Waals surface area (Å²) >= 11 is 0. The second-order valence-electron chi connectivity index (χ2n) is 8.11. The van der Waals surface area contributed by atoms with Crippen LogP contribution in [0.5, 0.6) is 5.75 Å². The Morgan fingerprint density at radius 1 is 1.15 bits per heavy atom. The van der Waals surface area contributed by atoms with Crippen molar-refractivity contribution in [1.82, 2.24) is 9.97 Å². The van der Waals surface area contributed by atoms with Crippen molar-refractivity contribution in [1.29, 1.82) is 0 Å². The van der Waals surface area contributed by atoms with E-state index >= 15 is 0 Å². The zero-order valence-corrected chi connectivity index (χ0v) is 19.9. The molecule has 0 saturated heterocycles. The fourth-order valence-electron chi connectivity index (χ4n) is 3.73. The Labute approximate surface area is 198 Å². The van der Waals surface area contributed by atoms with Gasteiger partial charge in [-0.15, -0.1) is 0 Å². The number of halogens is 2. The summed E-state index contributed by atoms with van der Waals surface area (Å²) in [4.78, 5) is 8.38. The third-order valence-electron chi connectivity index (χ3n) is 5.20. The van der Waals surface area contributed by atoms with Crippen LogP contribution < -0.4 is 15.4 Å². The first-order valence-corrected chi connectivity index (χ1v) is 13.2. The van der Waals surface area contributed by atoms with E-state index in [1.165, 1.54) is 12.1 Å². The molecule has 0 aliphatic carbocycles. The van der Waals surface area contributed by atoms with Gasteiger partial charge in [0.1, 0.15) is 17.3 Å². The number of fused-ring (bicyclic) bond motifs is 7. The molecule has 1 atom stereocenters. The topological polar surface area (TPSA) is 88.5 Å². The average molecular weight is 488 g/mol. The molecule has 7 nitrogen and oxygen atoms in total. The summed E-state index contributed by atoms with van der Waals surface area (Å²) in [7, 11) is -2.39. The maximum absolute atomic E-state index is 14.6. The van der Waals surface area contributed by atoms with Crippen LogP contribution in [0, 0.1) is 11.6 Å². The van der Waals surface area contributed by atoms with Crippen molar-refractivity contribution < 1.29 is 17.7 Å². The summed E-state index contributed by atoms with van der Waals surface area (Å²) in [5.74, 6) is 0.00347. The van der Waals surface area contributed by atoms with Crippen LogP contribution in [0.3, 0.4) is 0 Å². The molecule has 1 aromatic heterocycles. The molecule has 6 bridgehead atoms. The van der Waals surface area contributed by atoms with Gasteiger partial charge in [-0.05, 0) is 55.7 Å². The van der Waals surface area contributed by atoms with Crippen molar-refractivity contribution in [3.63, 3.8) is 0 Å². The molecule has 0 spiro atoms. The normalized spacial score (nSPS) is 15.3. The molecule has 0 saturated carbocycles. The molecule has 2 heterocycles. The fourth-order valence-corrected chi connectivity index (χ4v) is 5.16. The van der Waals surface area contributed by atoms with Gasteiger partial charge in [0, 0.05) is 46.4 Å². The lowest BCUT2D eigenvalue weighted by Gasteiger charge is -2.15. The zero-order chi connectivity index (χ0) is 24.1. The van der Waals surface area contributed by atoms with E-state index in [0.29, 0.717) is 36.7 Å². The summed E-state index contributed by atoms with van der Waals surface area (Å²) in [6.07, 6.45) is 4.20. The van der Waals surface area contributed by atoms with Gasteiger partial charge in [0.2, 0.25) is 5.95 Å². The Kier molecular flexibility index (Phi) is 7.26. The lowest BCUT2D eigenvalue weighted by molar-refractivity contribution is 0.308. The van der Waals surface area contributed by atoms with Crippen LogP contribution in [0.1, 0.15) is 25.3 Å². The van der Waals surface area contributed by atoms with E-state index in [9.17, 15) is 13.0 Å². The van der Waals surface area contributed by atoms with Crippen LogP contribution in [0.15, 0.2) is 47.0 Å². The van der Waals surface area contributed by atoms with Gasteiger partial charge in [0.25, 0.3) is 0 Å². The highest BCUT2D eigenvalue weighted by Gasteiger charge is 2.14. The number of anilines is 3. The Hall–Kier alpha value is -3.27. The molecule has 0 fully saturated rings.